The fraction of sp³-hybridized carbons (Fsp3) is 0.273. The molecule has 3 aromatic rings. The monoisotopic (exact) mass is 368 g/mol. The van der Waals surface area contributed by atoms with Crippen molar-refractivity contribution in [3.63, 3.8) is 0 Å². The molecule has 134 valence electrons. The lowest BCUT2D eigenvalue weighted by Crippen LogP contribution is -2.43. The highest BCUT2D eigenvalue weighted by molar-refractivity contribution is 6.92. The first-order valence-electron chi connectivity index (χ1n) is 8.87. The Kier molecular flexibility index (Phi) is 3.92. The van der Waals surface area contributed by atoms with E-state index < -0.39 is 25.5 Å². The molecule has 0 aromatic heterocycles. The molecule has 2 atom stereocenters. The Balaban J connectivity index is 1.71. The summed E-state index contributed by atoms with van der Waals surface area (Å²) in [4.78, 5) is 0. The van der Waals surface area contributed by atoms with E-state index in [-0.39, 0.29) is 0 Å². The van der Waals surface area contributed by atoms with Gasteiger partial charge in [0.05, 0.1) is 21.1 Å². The number of halogens is 2. The Morgan fingerprint density at radius 1 is 0.885 bits per heavy atom. The van der Waals surface area contributed by atoms with Crippen LogP contribution in [-0.2, 0) is 0 Å². The molecule has 0 radical (unpaired) electrons. The van der Waals surface area contributed by atoms with Crippen molar-refractivity contribution in [2.75, 3.05) is 7.11 Å². The molecule has 1 aliphatic rings. The van der Waals surface area contributed by atoms with Gasteiger partial charge in [-0.25, -0.2) is 8.78 Å². The van der Waals surface area contributed by atoms with Crippen molar-refractivity contribution in [1.82, 2.24) is 0 Å². The highest BCUT2D eigenvalue weighted by Crippen LogP contribution is 2.70. The SMILES string of the molecule is COc1ccc2cc([C@H]3[C@@H]([Si](C)(C)c4ccccc4)C3(F)F)ccc2c1. The Labute approximate surface area is 153 Å². The first-order valence-corrected chi connectivity index (χ1v) is 11.9. The second-order valence-corrected chi connectivity index (χ2v) is 12.3. The van der Waals surface area contributed by atoms with E-state index in [2.05, 4.69) is 13.1 Å². The van der Waals surface area contributed by atoms with E-state index in [1.54, 1.807) is 7.11 Å². The van der Waals surface area contributed by atoms with E-state index in [0.29, 0.717) is 0 Å². The van der Waals surface area contributed by atoms with Gasteiger partial charge in [0.25, 0.3) is 5.92 Å². The van der Waals surface area contributed by atoms with E-state index in [1.807, 2.05) is 66.7 Å². The average Bonchev–Trinajstić information content (AvgIpc) is 3.24. The first-order chi connectivity index (χ1) is 12.4. The van der Waals surface area contributed by atoms with Crippen molar-refractivity contribution < 1.29 is 13.5 Å². The number of methoxy groups -OCH3 is 1. The van der Waals surface area contributed by atoms with Crippen LogP contribution in [0.2, 0.25) is 18.6 Å². The molecule has 1 nitrogen and oxygen atoms in total. The molecule has 0 saturated heterocycles. The zero-order valence-electron chi connectivity index (χ0n) is 15.2. The summed E-state index contributed by atoms with van der Waals surface area (Å²) in [5.74, 6) is -2.54. The van der Waals surface area contributed by atoms with Gasteiger partial charge in [-0.1, -0.05) is 72.9 Å². The van der Waals surface area contributed by atoms with Gasteiger partial charge in [0.1, 0.15) is 5.75 Å². The van der Waals surface area contributed by atoms with Crippen LogP contribution in [0, 0.1) is 0 Å². The number of alkyl halides is 2. The highest BCUT2D eigenvalue weighted by atomic mass is 28.3. The molecule has 0 N–H and O–H groups in total. The lowest BCUT2D eigenvalue weighted by atomic mass is 10.0. The fourth-order valence-corrected chi connectivity index (χ4v) is 7.95. The second-order valence-electron chi connectivity index (χ2n) is 7.69. The number of rotatable bonds is 4. The van der Waals surface area contributed by atoms with Gasteiger partial charge in [-0.05, 0) is 28.5 Å². The second kappa shape index (κ2) is 5.91. The maximum absolute atomic E-state index is 14.9. The van der Waals surface area contributed by atoms with Crippen molar-refractivity contribution >= 4 is 24.0 Å². The highest BCUT2D eigenvalue weighted by Gasteiger charge is 2.73. The summed E-state index contributed by atoms with van der Waals surface area (Å²) in [6.07, 6.45) is 0. The zero-order chi connectivity index (χ0) is 18.5. The molecule has 0 heterocycles. The van der Waals surface area contributed by atoms with E-state index >= 15 is 0 Å². The predicted octanol–water partition coefficient (Wildman–Crippen LogP) is 5.57. The molecule has 26 heavy (non-hydrogen) atoms. The van der Waals surface area contributed by atoms with Crippen LogP contribution in [0.3, 0.4) is 0 Å². The molecular formula is C22H22F2OSi. The van der Waals surface area contributed by atoms with Crippen molar-refractivity contribution in [2.24, 2.45) is 0 Å². The summed E-state index contributed by atoms with van der Waals surface area (Å²) in [6, 6.07) is 21.3. The van der Waals surface area contributed by atoms with Crippen molar-refractivity contribution in [3.8, 4) is 5.75 Å². The van der Waals surface area contributed by atoms with Crippen molar-refractivity contribution in [1.29, 1.82) is 0 Å². The normalized spacial score (nSPS) is 21.6. The Morgan fingerprint density at radius 2 is 1.54 bits per heavy atom. The smallest absolute Gasteiger partial charge is 0.256 e. The van der Waals surface area contributed by atoms with Gasteiger partial charge >= 0.3 is 0 Å². The molecule has 1 aliphatic carbocycles. The van der Waals surface area contributed by atoms with Crippen LogP contribution >= 0.6 is 0 Å². The number of hydrogen-bond donors (Lipinski definition) is 0. The molecule has 0 bridgehead atoms. The van der Waals surface area contributed by atoms with Gasteiger partial charge in [0, 0.05) is 5.54 Å². The molecule has 0 amide bonds. The minimum Gasteiger partial charge on any atom is -0.497 e. The summed E-state index contributed by atoms with van der Waals surface area (Å²) in [5, 5.41) is 3.08. The van der Waals surface area contributed by atoms with Gasteiger partial charge in [-0.2, -0.15) is 0 Å². The molecule has 4 rings (SSSR count). The van der Waals surface area contributed by atoms with Crippen LogP contribution < -0.4 is 9.92 Å². The lowest BCUT2D eigenvalue weighted by Gasteiger charge is -2.23. The van der Waals surface area contributed by atoms with Crippen LogP contribution in [0.25, 0.3) is 10.8 Å². The molecule has 4 heteroatoms. The van der Waals surface area contributed by atoms with Crippen LogP contribution in [-0.4, -0.2) is 21.1 Å². The number of benzene rings is 3. The molecular weight excluding hydrogens is 346 g/mol. The summed E-state index contributed by atoms with van der Waals surface area (Å²) < 4.78 is 35.0. The van der Waals surface area contributed by atoms with E-state index in [1.165, 1.54) is 0 Å². The maximum Gasteiger partial charge on any atom is 0.256 e. The third-order valence-electron chi connectivity index (χ3n) is 5.78. The third kappa shape index (κ3) is 2.64. The summed E-state index contributed by atoms with van der Waals surface area (Å²) in [5.41, 5.74) is 0.183. The quantitative estimate of drug-likeness (QED) is 0.547. The summed E-state index contributed by atoms with van der Waals surface area (Å²) >= 11 is 0. The fourth-order valence-electron chi connectivity index (χ4n) is 4.25. The zero-order valence-corrected chi connectivity index (χ0v) is 16.2. The van der Waals surface area contributed by atoms with Crippen molar-refractivity contribution in [3.05, 3.63) is 72.3 Å². The molecule has 3 aromatic carbocycles. The minimum absolute atomic E-state index is 0.562. The Hall–Kier alpha value is -2.20. The Morgan fingerprint density at radius 3 is 2.23 bits per heavy atom. The van der Waals surface area contributed by atoms with Crippen LogP contribution in [0.4, 0.5) is 8.78 Å². The van der Waals surface area contributed by atoms with Gasteiger partial charge < -0.3 is 4.74 Å². The minimum atomic E-state index is -2.63. The predicted molar refractivity (Wildman–Crippen MR) is 105 cm³/mol. The van der Waals surface area contributed by atoms with E-state index in [0.717, 1.165) is 27.3 Å². The molecule has 0 aliphatic heterocycles. The molecule has 1 fully saturated rings. The lowest BCUT2D eigenvalue weighted by molar-refractivity contribution is 0.111. The topological polar surface area (TPSA) is 9.23 Å². The number of hydrogen-bond acceptors (Lipinski definition) is 1. The standard InChI is InChI=1S/C22H22F2OSi/c1-25-18-12-11-15-13-17(10-9-16(15)14-18)20-21(22(20,23)24)26(2,3)19-7-5-4-6-8-19/h4-14,20-21H,1-3H3/t20-,21+/m0/s1. The first kappa shape index (κ1) is 17.2. The van der Waals surface area contributed by atoms with Gasteiger partial charge in [-0.3, -0.25) is 0 Å². The average molecular weight is 368 g/mol. The van der Waals surface area contributed by atoms with Crippen LogP contribution in [0.1, 0.15) is 11.5 Å². The molecule has 1 saturated carbocycles. The van der Waals surface area contributed by atoms with Crippen molar-refractivity contribution in [2.45, 2.75) is 30.5 Å². The largest absolute Gasteiger partial charge is 0.497 e. The summed E-state index contributed by atoms with van der Waals surface area (Å²) in [6.45, 7) is 4.12. The van der Waals surface area contributed by atoms with E-state index in [9.17, 15) is 8.78 Å². The van der Waals surface area contributed by atoms with Gasteiger partial charge in [-0.15, -0.1) is 0 Å². The number of fused-ring (bicyclic) bond motifs is 1. The third-order valence-corrected chi connectivity index (χ3v) is 9.87. The van der Waals surface area contributed by atoms with E-state index in [4.69, 9.17) is 4.74 Å². The number of ether oxygens (including phenoxy) is 1. The Bertz CT molecular complexity index is 953. The maximum atomic E-state index is 14.9. The van der Waals surface area contributed by atoms with Gasteiger partial charge in [0.2, 0.25) is 0 Å². The summed E-state index contributed by atoms with van der Waals surface area (Å²) in [7, 11) is -0.653. The molecule has 0 spiro atoms. The molecule has 0 unspecified atom stereocenters. The van der Waals surface area contributed by atoms with Crippen LogP contribution in [0.5, 0.6) is 5.75 Å². The van der Waals surface area contributed by atoms with Gasteiger partial charge in [0.15, 0.2) is 0 Å². The van der Waals surface area contributed by atoms with Crippen LogP contribution in [0.15, 0.2) is 66.7 Å².